The first-order valence-electron chi connectivity index (χ1n) is 25.3. The maximum atomic E-state index is 14.4. The molecule has 18 N–H and O–H groups in total. The van der Waals surface area contributed by atoms with E-state index < -0.39 is 145 Å². The highest BCUT2D eigenvalue weighted by molar-refractivity contribution is 5.98. The van der Waals surface area contributed by atoms with Crippen LogP contribution < -0.4 is 65.1 Å². The summed E-state index contributed by atoms with van der Waals surface area (Å²) in [4.78, 5) is 134. The van der Waals surface area contributed by atoms with Crippen molar-refractivity contribution in [2.75, 3.05) is 19.7 Å². The molecule has 0 bridgehead atoms. The molecule has 26 nitrogen and oxygen atoms in total. The molecule has 9 amide bonds. The van der Waals surface area contributed by atoms with Crippen molar-refractivity contribution in [3.05, 3.63) is 66.0 Å². The van der Waals surface area contributed by atoms with Gasteiger partial charge in [0, 0.05) is 25.4 Å². The Kier molecular flexibility index (Phi) is 25.6. The Bertz CT molecular complexity index is 2300. The summed E-state index contributed by atoms with van der Waals surface area (Å²) >= 11 is 0. The van der Waals surface area contributed by atoms with Gasteiger partial charge in [0.15, 0.2) is 5.96 Å². The molecule has 0 aliphatic carbocycles. The minimum Gasteiger partial charge on any atom is -0.394 e. The highest BCUT2D eigenvalue weighted by atomic mass is 16.3. The highest BCUT2D eigenvalue weighted by Crippen LogP contribution is 2.19. The number of aliphatic imine (C=N–C) groups is 1. The van der Waals surface area contributed by atoms with Gasteiger partial charge in [-0.3, -0.25) is 53.1 Å². The number of aromatic nitrogens is 1. The second-order valence-corrected chi connectivity index (χ2v) is 19.6. The number of nitrogens with two attached hydrogens (primary N) is 3. The van der Waals surface area contributed by atoms with Crippen LogP contribution in [0.2, 0.25) is 0 Å². The maximum Gasteiger partial charge on any atom is 0.245 e. The zero-order valence-corrected chi connectivity index (χ0v) is 44.1. The van der Waals surface area contributed by atoms with E-state index in [1.165, 1.54) is 31.5 Å². The summed E-state index contributed by atoms with van der Waals surface area (Å²) in [6.45, 7) is 9.47. The molecule has 0 spiro atoms. The first-order chi connectivity index (χ1) is 35.9. The number of aliphatic hydroxyl groups excluding tert-OH is 3. The summed E-state index contributed by atoms with van der Waals surface area (Å²) in [7, 11) is 0. The Balaban J connectivity index is 2.21. The number of pyridine rings is 1. The SMILES string of the molecule is CC[C@H](C)[C@@H]1NC(=O)[C@@H](CCCN=C(N)N)NC(=O)[C@H](CC(C)C)NC(=O)[C@H]([C@H](O)C(C)C)NC(=O)[C@@H](N)[C@@H](c2ccccc2)NC(=O)[C@H](CO)NC(=O)[C@H](Cc2cccnc2)NC(=O)CNC(=O)[C@H]([C@H](C)O)NC1=O. The number of carbonyl (C=O) groups excluding carboxylic acids is 9. The molecule has 1 fully saturated rings. The maximum absolute atomic E-state index is 14.4. The van der Waals surface area contributed by atoms with Gasteiger partial charge in [0.05, 0.1) is 31.4 Å². The minimum absolute atomic E-state index is 0.0187. The van der Waals surface area contributed by atoms with Gasteiger partial charge in [-0.25, -0.2) is 0 Å². The lowest BCUT2D eigenvalue weighted by molar-refractivity contribution is -0.138. The lowest BCUT2D eigenvalue weighted by Gasteiger charge is -2.32. The summed E-state index contributed by atoms with van der Waals surface area (Å²) in [6, 6.07) is -2.89. The van der Waals surface area contributed by atoms with E-state index in [1.54, 1.807) is 71.9 Å². The molecule has 1 aliphatic rings. The van der Waals surface area contributed by atoms with Crippen LogP contribution in [0.15, 0.2) is 59.9 Å². The van der Waals surface area contributed by atoms with E-state index in [1.807, 2.05) is 0 Å². The third-order valence-electron chi connectivity index (χ3n) is 12.6. The summed E-state index contributed by atoms with van der Waals surface area (Å²) < 4.78 is 0. The topological polar surface area (TPSA) is 426 Å². The van der Waals surface area contributed by atoms with Crippen LogP contribution >= 0.6 is 0 Å². The van der Waals surface area contributed by atoms with Crippen molar-refractivity contribution in [3.63, 3.8) is 0 Å². The Hall–Kier alpha value is -7.29. The van der Waals surface area contributed by atoms with Crippen LogP contribution in [0.5, 0.6) is 0 Å². The molecule has 2 heterocycles. The first kappa shape index (κ1) is 63.0. The molecule has 76 heavy (non-hydrogen) atoms. The number of guanidine groups is 1. The van der Waals surface area contributed by atoms with Crippen molar-refractivity contribution in [3.8, 4) is 0 Å². The van der Waals surface area contributed by atoms with Crippen molar-refractivity contribution in [1.29, 1.82) is 0 Å². The molecule has 0 saturated carbocycles. The number of aliphatic hydroxyl groups is 3. The van der Waals surface area contributed by atoms with Gasteiger partial charge >= 0.3 is 0 Å². The van der Waals surface area contributed by atoms with E-state index in [0.29, 0.717) is 12.0 Å². The number of hydrogen-bond donors (Lipinski definition) is 15. The molecule has 12 atom stereocenters. The molecule has 1 saturated heterocycles. The van der Waals surface area contributed by atoms with Crippen molar-refractivity contribution in [2.45, 2.75) is 147 Å². The molecule has 26 heteroatoms. The summed E-state index contributed by atoms with van der Waals surface area (Å²) in [5, 5.41) is 55.4. The first-order valence-corrected chi connectivity index (χ1v) is 25.3. The van der Waals surface area contributed by atoms with E-state index in [-0.39, 0.29) is 49.7 Å². The van der Waals surface area contributed by atoms with Crippen molar-refractivity contribution < 1.29 is 58.5 Å². The van der Waals surface area contributed by atoms with Gasteiger partial charge in [-0.15, -0.1) is 0 Å². The van der Waals surface area contributed by atoms with Crippen LogP contribution in [0, 0.1) is 17.8 Å². The summed E-state index contributed by atoms with van der Waals surface area (Å²) in [5.74, 6) is -10.5. The van der Waals surface area contributed by atoms with Gasteiger partial charge < -0.3 is 80.4 Å². The van der Waals surface area contributed by atoms with E-state index in [0.717, 1.165) is 0 Å². The van der Waals surface area contributed by atoms with Gasteiger partial charge in [-0.05, 0) is 61.1 Å². The lowest BCUT2D eigenvalue weighted by Crippen LogP contribution is -2.63. The van der Waals surface area contributed by atoms with Crippen LogP contribution in [-0.4, -0.2) is 160 Å². The second kappa shape index (κ2) is 30.9. The van der Waals surface area contributed by atoms with E-state index in [9.17, 15) is 58.5 Å². The van der Waals surface area contributed by atoms with E-state index in [2.05, 4.69) is 57.8 Å². The molecule has 0 unspecified atom stereocenters. The zero-order chi connectivity index (χ0) is 56.8. The molecule has 0 radical (unpaired) electrons. The molecular weight excluding hydrogens is 989 g/mol. The summed E-state index contributed by atoms with van der Waals surface area (Å²) in [6.07, 6.45) is -0.145. The van der Waals surface area contributed by atoms with Gasteiger partial charge in [0.25, 0.3) is 0 Å². The number of carbonyl (C=O) groups is 9. The molecule has 1 aliphatic heterocycles. The Morgan fingerprint density at radius 2 is 1.25 bits per heavy atom. The third kappa shape index (κ3) is 19.8. The smallest absolute Gasteiger partial charge is 0.245 e. The molecular formula is C50H78N14O12. The van der Waals surface area contributed by atoms with E-state index >= 15 is 0 Å². The molecule has 1 aromatic carbocycles. The van der Waals surface area contributed by atoms with Crippen LogP contribution in [-0.2, 0) is 49.6 Å². The Labute approximate surface area is 442 Å². The van der Waals surface area contributed by atoms with Gasteiger partial charge in [-0.1, -0.05) is 84.4 Å². The summed E-state index contributed by atoms with van der Waals surface area (Å²) in [5.41, 5.74) is 18.4. The van der Waals surface area contributed by atoms with Crippen molar-refractivity contribution >= 4 is 59.1 Å². The number of nitrogens with zero attached hydrogens (tertiary/aromatic N) is 2. The van der Waals surface area contributed by atoms with Gasteiger partial charge in [-0.2, -0.15) is 0 Å². The van der Waals surface area contributed by atoms with Gasteiger partial charge in [0.1, 0.15) is 48.3 Å². The van der Waals surface area contributed by atoms with Crippen LogP contribution in [0.25, 0.3) is 0 Å². The van der Waals surface area contributed by atoms with Crippen LogP contribution in [0.1, 0.15) is 91.3 Å². The lowest BCUT2D eigenvalue weighted by atomic mass is 9.95. The number of nitrogens with one attached hydrogen (secondary N) is 9. The minimum atomic E-state index is -1.77. The largest absolute Gasteiger partial charge is 0.394 e. The van der Waals surface area contributed by atoms with E-state index in [4.69, 9.17) is 17.2 Å². The standard InChI is InChI=1S/C50H78N14O12/c1-8-27(6)37-48(75)62-38(28(7)66)47(74)56-23-35(67)57-33(21-29-14-12-18-54-22-29)44(71)60-34(24-65)45(72)63-39(30-15-10-9-11-16-30)36(51)46(73)64-40(41(68)26(4)5)49(76)59-32(20-25(2)3)43(70)58-31(42(69)61-37)17-13-19-55-50(52)53/h9-12,14-16,18,22,25-28,31-34,36-41,65-66,68H,8,13,17,19-21,23-24,51H2,1-7H3,(H,56,74)(H,57,67)(H,58,70)(H,59,76)(H,60,71)(H,61,69)(H,62,75)(H,63,72)(H,64,73)(H4,52,53,55)/t27-,28-,31+,32-,33-,34-,36-,37-,38-,39+,40-,41+/m0/s1. The molecule has 2 aromatic rings. The average molecular weight is 1070 g/mol. The van der Waals surface area contributed by atoms with Crippen molar-refractivity contribution in [1.82, 2.24) is 52.8 Å². The van der Waals surface area contributed by atoms with Crippen LogP contribution in [0.3, 0.4) is 0 Å². The highest BCUT2D eigenvalue weighted by Gasteiger charge is 2.39. The second-order valence-electron chi connectivity index (χ2n) is 19.6. The van der Waals surface area contributed by atoms with Crippen LogP contribution in [0.4, 0.5) is 0 Å². The number of rotatable bonds is 15. The third-order valence-corrected chi connectivity index (χ3v) is 12.6. The molecule has 3 rings (SSSR count). The number of hydrogen-bond acceptors (Lipinski definition) is 15. The van der Waals surface area contributed by atoms with Gasteiger partial charge in [0.2, 0.25) is 53.2 Å². The monoisotopic (exact) mass is 1070 g/mol. The van der Waals surface area contributed by atoms with Crippen molar-refractivity contribution in [2.24, 2.45) is 39.9 Å². The fourth-order valence-corrected chi connectivity index (χ4v) is 7.95. The normalized spacial score (nSPS) is 25.8. The molecule has 1 aromatic heterocycles. The fraction of sp³-hybridized carbons (Fsp3) is 0.580. The predicted octanol–water partition coefficient (Wildman–Crippen LogP) is -4.13. The quantitative estimate of drug-likeness (QED) is 0.0458. The number of amides is 9. The predicted molar refractivity (Wildman–Crippen MR) is 278 cm³/mol. The Morgan fingerprint density at radius 3 is 1.83 bits per heavy atom. The fourth-order valence-electron chi connectivity index (χ4n) is 7.95. The molecule has 420 valence electrons. The average Bonchev–Trinajstić information content (AvgIpc) is 3.38. The Morgan fingerprint density at radius 1 is 0.671 bits per heavy atom. The number of benzene rings is 1. The zero-order valence-electron chi connectivity index (χ0n) is 44.1.